The topological polar surface area (TPSA) is 65.8 Å². The quantitative estimate of drug-likeness (QED) is 0.549. The summed E-state index contributed by atoms with van der Waals surface area (Å²) in [6, 6.07) is 17.6. The number of benzene rings is 2. The summed E-state index contributed by atoms with van der Waals surface area (Å²) < 4.78 is 1.15. The lowest BCUT2D eigenvalue weighted by Crippen LogP contribution is -2.12. The van der Waals surface area contributed by atoms with Gasteiger partial charge in [0.15, 0.2) is 0 Å². The Morgan fingerprint density at radius 2 is 1.88 bits per heavy atom. The molecule has 2 heterocycles. The van der Waals surface area contributed by atoms with E-state index in [1.165, 1.54) is 11.3 Å². The fraction of sp³-hybridized carbons (Fsp3) is 0. The van der Waals surface area contributed by atoms with E-state index in [4.69, 9.17) is 5.26 Å². The summed E-state index contributed by atoms with van der Waals surface area (Å²) in [6.07, 6.45) is 0. The van der Waals surface area contributed by atoms with Crippen LogP contribution in [0.5, 0.6) is 0 Å². The van der Waals surface area contributed by atoms with E-state index in [0.717, 1.165) is 20.8 Å². The zero-order valence-corrected chi connectivity index (χ0v) is 14.5. The maximum absolute atomic E-state index is 12.3. The lowest BCUT2D eigenvalue weighted by Gasteiger charge is -2.05. The van der Waals surface area contributed by atoms with Gasteiger partial charge < -0.3 is 5.32 Å². The molecule has 0 fully saturated rings. The molecule has 1 N–H and O–H groups in total. The van der Waals surface area contributed by atoms with Gasteiger partial charge in [-0.15, -0.1) is 11.3 Å². The Kier molecular flexibility index (Phi) is 4.02. The SMILES string of the molecule is N#Cc1cscc1C(=O)Nc1ccc(-c2nc3ccccc3s2)cc1. The number of thiophene rings is 1. The maximum atomic E-state index is 12.3. The van der Waals surface area contributed by atoms with Gasteiger partial charge in [-0.05, 0) is 36.4 Å². The maximum Gasteiger partial charge on any atom is 0.257 e. The molecule has 1 amide bonds. The zero-order chi connectivity index (χ0) is 17.2. The van der Waals surface area contributed by atoms with Crippen LogP contribution >= 0.6 is 22.7 Å². The van der Waals surface area contributed by atoms with Crippen molar-refractivity contribution in [1.29, 1.82) is 5.26 Å². The molecule has 2 aromatic heterocycles. The average Bonchev–Trinajstić information content (AvgIpc) is 3.28. The number of carbonyl (C=O) groups is 1. The molecular weight excluding hydrogens is 350 g/mol. The summed E-state index contributed by atoms with van der Waals surface area (Å²) >= 11 is 2.98. The number of aromatic nitrogens is 1. The molecule has 0 aliphatic rings. The van der Waals surface area contributed by atoms with Gasteiger partial charge in [0.25, 0.3) is 5.91 Å². The number of thiazole rings is 1. The van der Waals surface area contributed by atoms with Gasteiger partial charge in [0, 0.05) is 22.0 Å². The van der Waals surface area contributed by atoms with Crippen molar-refractivity contribution in [3.8, 4) is 16.6 Å². The van der Waals surface area contributed by atoms with Crippen LogP contribution in [-0.2, 0) is 0 Å². The predicted molar refractivity (Wildman–Crippen MR) is 102 cm³/mol. The number of carbonyl (C=O) groups excluding carboxylic acids is 1. The third-order valence-corrected chi connectivity index (χ3v) is 5.54. The lowest BCUT2D eigenvalue weighted by atomic mass is 10.2. The molecular formula is C19H11N3OS2. The molecule has 0 aliphatic carbocycles. The van der Waals surface area contributed by atoms with Crippen LogP contribution in [0.2, 0.25) is 0 Å². The molecule has 2 aromatic carbocycles. The molecule has 25 heavy (non-hydrogen) atoms. The molecule has 120 valence electrons. The van der Waals surface area contributed by atoms with Crippen molar-refractivity contribution in [1.82, 2.24) is 4.98 Å². The number of nitrogens with one attached hydrogen (secondary N) is 1. The Balaban J connectivity index is 1.56. The average molecular weight is 361 g/mol. The Morgan fingerprint density at radius 1 is 1.08 bits per heavy atom. The Morgan fingerprint density at radius 3 is 2.64 bits per heavy atom. The highest BCUT2D eigenvalue weighted by molar-refractivity contribution is 7.21. The molecule has 4 nitrogen and oxygen atoms in total. The van der Waals surface area contributed by atoms with Crippen LogP contribution in [0.4, 0.5) is 5.69 Å². The minimum Gasteiger partial charge on any atom is -0.322 e. The minimum absolute atomic E-state index is 0.273. The smallest absolute Gasteiger partial charge is 0.257 e. The van der Waals surface area contributed by atoms with Crippen LogP contribution in [0.1, 0.15) is 15.9 Å². The molecule has 0 radical (unpaired) electrons. The van der Waals surface area contributed by atoms with Crippen molar-refractivity contribution in [3.05, 3.63) is 70.4 Å². The molecule has 0 spiro atoms. The van der Waals surface area contributed by atoms with Crippen LogP contribution < -0.4 is 5.32 Å². The molecule has 0 unspecified atom stereocenters. The summed E-state index contributed by atoms with van der Waals surface area (Å²) in [7, 11) is 0. The fourth-order valence-electron chi connectivity index (χ4n) is 2.45. The van der Waals surface area contributed by atoms with E-state index in [1.54, 1.807) is 22.1 Å². The monoisotopic (exact) mass is 361 g/mol. The molecule has 4 aromatic rings. The van der Waals surface area contributed by atoms with E-state index in [2.05, 4.69) is 16.4 Å². The van der Waals surface area contributed by atoms with Crippen molar-refractivity contribution in [2.24, 2.45) is 0 Å². The molecule has 6 heteroatoms. The van der Waals surface area contributed by atoms with Gasteiger partial charge in [-0.2, -0.15) is 16.6 Å². The number of nitrogens with zero attached hydrogens (tertiary/aromatic N) is 2. The largest absolute Gasteiger partial charge is 0.322 e. The molecule has 0 bridgehead atoms. The summed E-state index contributed by atoms with van der Waals surface area (Å²) in [5.41, 5.74) is 3.48. The summed E-state index contributed by atoms with van der Waals surface area (Å²) in [4.78, 5) is 16.9. The van der Waals surface area contributed by atoms with Crippen LogP contribution in [0.3, 0.4) is 0 Å². The van der Waals surface area contributed by atoms with Crippen LogP contribution in [0.25, 0.3) is 20.8 Å². The first-order chi connectivity index (χ1) is 12.2. The number of amides is 1. The van der Waals surface area contributed by atoms with Crippen molar-refractivity contribution in [3.63, 3.8) is 0 Å². The van der Waals surface area contributed by atoms with E-state index < -0.39 is 0 Å². The zero-order valence-electron chi connectivity index (χ0n) is 12.9. The highest BCUT2D eigenvalue weighted by Gasteiger charge is 2.13. The third kappa shape index (κ3) is 3.03. The first-order valence-corrected chi connectivity index (χ1v) is 9.24. The van der Waals surface area contributed by atoms with Crippen molar-refractivity contribution in [2.45, 2.75) is 0 Å². The third-order valence-electron chi connectivity index (χ3n) is 3.71. The number of fused-ring (bicyclic) bond motifs is 1. The molecule has 0 saturated heterocycles. The van der Waals surface area contributed by atoms with Crippen LogP contribution in [-0.4, -0.2) is 10.9 Å². The number of nitriles is 1. The normalized spacial score (nSPS) is 10.5. The van der Waals surface area contributed by atoms with Gasteiger partial charge in [-0.3, -0.25) is 4.79 Å². The Bertz CT molecular complexity index is 1070. The second kappa shape index (κ2) is 6.48. The second-order valence-corrected chi connectivity index (χ2v) is 7.10. The van der Waals surface area contributed by atoms with Crippen molar-refractivity contribution >= 4 is 44.5 Å². The summed E-state index contributed by atoms with van der Waals surface area (Å²) in [5, 5.41) is 16.1. The van der Waals surface area contributed by atoms with Crippen molar-refractivity contribution in [2.75, 3.05) is 5.32 Å². The van der Waals surface area contributed by atoms with E-state index in [1.807, 2.05) is 48.5 Å². The predicted octanol–water partition coefficient (Wildman–Crippen LogP) is 5.15. The van der Waals surface area contributed by atoms with Gasteiger partial charge >= 0.3 is 0 Å². The van der Waals surface area contributed by atoms with E-state index in [-0.39, 0.29) is 5.91 Å². The highest BCUT2D eigenvalue weighted by Crippen LogP contribution is 2.30. The molecule has 4 rings (SSSR count). The van der Waals surface area contributed by atoms with Crippen LogP contribution in [0.15, 0.2) is 59.3 Å². The Hall–Kier alpha value is -3.01. The first-order valence-electron chi connectivity index (χ1n) is 7.48. The van der Waals surface area contributed by atoms with Gasteiger partial charge in [0.1, 0.15) is 11.1 Å². The number of anilines is 1. The number of hydrogen-bond donors (Lipinski definition) is 1. The molecule has 0 saturated carbocycles. The summed E-state index contributed by atoms with van der Waals surface area (Å²) in [6.45, 7) is 0. The second-order valence-electron chi connectivity index (χ2n) is 5.33. The highest BCUT2D eigenvalue weighted by atomic mass is 32.1. The number of hydrogen-bond acceptors (Lipinski definition) is 5. The van der Waals surface area contributed by atoms with Gasteiger partial charge in [-0.1, -0.05) is 12.1 Å². The fourth-order valence-corrected chi connectivity index (χ4v) is 4.17. The van der Waals surface area contributed by atoms with Gasteiger partial charge in [0.2, 0.25) is 0 Å². The van der Waals surface area contributed by atoms with Gasteiger partial charge in [-0.25, -0.2) is 4.98 Å². The minimum atomic E-state index is -0.273. The van der Waals surface area contributed by atoms with Crippen LogP contribution in [0, 0.1) is 11.3 Å². The Labute approximate surface area is 152 Å². The number of para-hydroxylation sites is 1. The van der Waals surface area contributed by atoms with Crippen molar-refractivity contribution < 1.29 is 4.79 Å². The first kappa shape index (κ1) is 15.5. The van der Waals surface area contributed by atoms with Gasteiger partial charge in [0.05, 0.1) is 21.3 Å². The number of rotatable bonds is 3. The summed E-state index contributed by atoms with van der Waals surface area (Å²) in [5.74, 6) is -0.273. The van der Waals surface area contributed by atoms with E-state index in [0.29, 0.717) is 16.8 Å². The van der Waals surface area contributed by atoms with E-state index >= 15 is 0 Å². The standard InChI is InChI=1S/C19H11N3OS2/c20-9-13-10-24-11-15(13)18(23)21-14-7-5-12(6-8-14)19-22-16-3-1-2-4-17(16)25-19/h1-8,10-11H,(H,21,23). The molecule has 0 aliphatic heterocycles. The lowest BCUT2D eigenvalue weighted by molar-refractivity contribution is 0.102. The molecule has 0 atom stereocenters. The van der Waals surface area contributed by atoms with E-state index in [9.17, 15) is 4.79 Å².